The van der Waals surface area contributed by atoms with Crippen molar-refractivity contribution in [2.45, 2.75) is 26.9 Å². The highest BCUT2D eigenvalue weighted by molar-refractivity contribution is 7.92. The number of ether oxygens (including phenoxy) is 2. The molecule has 0 amide bonds. The molecule has 0 atom stereocenters. The van der Waals surface area contributed by atoms with Crippen molar-refractivity contribution < 1.29 is 22.7 Å². The molecule has 1 aromatic rings. The number of methoxy groups -OCH3 is 1. The van der Waals surface area contributed by atoms with E-state index in [0.29, 0.717) is 10.8 Å². The number of hydrogen-bond donors (Lipinski definition) is 0. The second kappa shape index (κ2) is 7.69. The number of benzene rings is 1. The maximum Gasteiger partial charge on any atom is 0.327 e. The van der Waals surface area contributed by atoms with Crippen LogP contribution in [0.1, 0.15) is 20.8 Å². The fourth-order valence-corrected chi connectivity index (χ4v) is 2.99. The van der Waals surface area contributed by atoms with Crippen molar-refractivity contribution in [1.82, 2.24) is 0 Å². The standard InChI is InChI=1S/C14H20ClNO5S/c1-5-22(18,19)16(9-14(17)21-10(2)3)12-8-11(15)6-7-13(12)20-4/h6-8,10H,5,9H2,1-4H3. The summed E-state index contributed by atoms with van der Waals surface area (Å²) in [7, 11) is -2.29. The molecular weight excluding hydrogens is 330 g/mol. The first-order valence-corrected chi connectivity index (χ1v) is 8.73. The van der Waals surface area contributed by atoms with Gasteiger partial charge in [0.2, 0.25) is 10.0 Å². The first kappa shape index (κ1) is 18.6. The third-order valence-electron chi connectivity index (χ3n) is 2.75. The van der Waals surface area contributed by atoms with Gasteiger partial charge in [-0.05, 0) is 39.0 Å². The van der Waals surface area contributed by atoms with E-state index >= 15 is 0 Å². The molecule has 0 bridgehead atoms. The number of hydrogen-bond acceptors (Lipinski definition) is 5. The van der Waals surface area contributed by atoms with Crippen LogP contribution in [0.15, 0.2) is 18.2 Å². The molecule has 0 heterocycles. The van der Waals surface area contributed by atoms with E-state index in [-0.39, 0.29) is 17.5 Å². The molecule has 0 N–H and O–H groups in total. The Kier molecular flexibility index (Phi) is 6.49. The molecule has 124 valence electrons. The zero-order valence-corrected chi connectivity index (χ0v) is 14.6. The number of sulfonamides is 1. The Hall–Kier alpha value is -1.47. The van der Waals surface area contributed by atoms with Crippen LogP contribution in [0.25, 0.3) is 0 Å². The van der Waals surface area contributed by atoms with E-state index in [1.54, 1.807) is 26.0 Å². The van der Waals surface area contributed by atoms with Gasteiger partial charge in [0, 0.05) is 5.02 Å². The average molecular weight is 350 g/mol. The molecule has 1 aromatic carbocycles. The summed E-state index contributed by atoms with van der Waals surface area (Å²) in [4.78, 5) is 11.9. The summed E-state index contributed by atoms with van der Waals surface area (Å²) in [5.74, 6) is -0.509. The van der Waals surface area contributed by atoms with Crippen LogP contribution in [-0.4, -0.2) is 39.9 Å². The van der Waals surface area contributed by atoms with Gasteiger partial charge in [0.15, 0.2) is 0 Å². The highest BCUT2D eigenvalue weighted by Crippen LogP contribution is 2.33. The fraction of sp³-hybridized carbons (Fsp3) is 0.500. The fourth-order valence-electron chi connectivity index (χ4n) is 1.76. The van der Waals surface area contributed by atoms with Gasteiger partial charge >= 0.3 is 5.97 Å². The Morgan fingerprint density at radius 2 is 2.00 bits per heavy atom. The van der Waals surface area contributed by atoms with E-state index in [2.05, 4.69) is 0 Å². The molecule has 8 heteroatoms. The predicted molar refractivity (Wildman–Crippen MR) is 86.0 cm³/mol. The zero-order valence-electron chi connectivity index (χ0n) is 13.0. The van der Waals surface area contributed by atoms with E-state index < -0.39 is 22.5 Å². The lowest BCUT2D eigenvalue weighted by atomic mass is 10.3. The highest BCUT2D eigenvalue weighted by Gasteiger charge is 2.27. The van der Waals surface area contributed by atoms with E-state index in [4.69, 9.17) is 21.1 Å². The van der Waals surface area contributed by atoms with E-state index in [0.717, 1.165) is 4.31 Å². The normalized spacial score (nSPS) is 11.4. The Morgan fingerprint density at radius 1 is 1.36 bits per heavy atom. The number of rotatable bonds is 7. The Bertz CT molecular complexity index is 630. The number of carbonyl (C=O) groups excluding carboxylic acids is 1. The number of halogens is 1. The van der Waals surface area contributed by atoms with Gasteiger partial charge < -0.3 is 9.47 Å². The quantitative estimate of drug-likeness (QED) is 0.707. The molecule has 0 saturated heterocycles. The minimum absolute atomic E-state index is 0.169. The summed E-state index contributed by atoms with van der Waals surface area (Å²) in [6.07, 6.45) is -0.333. The van der Waals surface area contributed by atoms with Crippen LogP contribution in [0.4, 0.5) is 5.69 Å². The van der Waals surface area contributed by atoms with Gasteiger partial charge in [-0.15, -0.1) is 0 Å². The Labute approximate surface area is 136 Å². The van der Waals surface area contributed by atoms with Crippen molar-refractivity contribution in [1.29, 1.82) is 0 Å². The lowest BCUT2D eigenvalue weighted by Gasteiger charge is -2.25. The largest absolute Gasteiger partial charge is 0.495 e. The Balaban J connectivity index is 3.28. The number of anilines is 1. The first-order chi connectivity index (χ1) is 10.2. The van der Waals surface area contributed by atoms with Crippen LogP contribution < -0.4 is 9.04 Å². The second-order valence-corrected chi connectivity index (χ2v) is 7.38. The molecule has 6 nitrogen and oxygen atoms in total. The van der Waals surface area contributed by atoms with Crippen LogP contribution in [0.3, 0.4) is 0 Å². The number of esters is 1. The summed E-state index contributed by atoms with van der Waals surface area (Å²) >= 11 is 5.94. The molecule has 0 radical (unpaired) electrons. The van der Waals surface area contributed by atoms with E-state index in [9.17, 15) is 13.2 Å². The van der Waals surface area contributed by atoms with Crippen LogP contribution in [0, 0.1) is 0 Å². The van der Waals surface area contributed by atoms with Crippen molar-refractivity contribution in [3.63, 3.8) is 0 Å². The molecule has 22 heavy (non-hydrogen) atoms. The third-order valence-corrected chi connectivity index (χ3v) is 4.71. The van der Waals surface area contributed by atoms with Crippen molar-refractivity contribution in [2.24, 2.45) is 0 Å². The highest BCUT2D eigenvalue weighted by atomic mass is 35.5. The summed E-state index contributed by atoms with van der Waals surface area (Å²) in [6, 6.07) is 4.56. The van der Waals surface area contributed by atoms with Crippen molar-refractivity contribution in [2.75, 3.05) is 23.7 Å². The third kappa shape index (κ3) is 4.78. The molecule has 0 unspecified atom stereocenters. The lowest BCUT2D eigenvalue weighted by molar-refractivity contribution is -0.145. The summed E-state index contributed by atoms with van der Waals surface area (Å²) in [5.41, 5.74) is 0.206. The number of nitrogens with zero attached hydrogens (tertiary/aromatic N) is 1. The SMILES string of the molecule is CCS(=O)(=O)N(CC(=O)OC(C)C)c1cc(Cl)ccc1OC. The monoisotopic (exact) mass is 349 g/mol. The molecule has 0 fully saturated rings. The topological polar surface area (TPSA) is 72.9 Å². The molecule has 1 rings (SSSR count). The minimum atomic E-state index is -3.70. The average Bonchev–Trinajstić information content (AvgIpc) is 2.43. The molecule has 0 saturated carbocycles. The van der Waals surface area contributed by atoms with Gasteiger partial charge in [0.1, 0.15) is 12.3 Å². The van der Waals surface area contributed by atoms with Gasteiger partial charge in [-0.1, -0.05) is 11.6 Å². The molecule has 0 aromatic heterocycles. The predicted octanol–water partition coefficient (Wildman–Crippen LogP) is 2.46. The van der Waals surface area contributed by atoms with Crippen LogP contribution in [0.2, 0.25) is 5.02 Å². The molecule has 0 aliphatic rings. The van der Waals surface area contributed by atoms with Crippen LogP contribution in [0.5, 0.6) is 5.75 Å². The van der Waals surface area contributed by atoms with Crippen molar-refractivity contribution >= 4 is 33.3 Å². The van der Waals surface area contributed by atoms with Gasteiger partial charge in [-0.2, -0.15) is 0 Å². The maximum absolute atomic E-state index is 12.3. The molecule has 0 spiro atoms. The maximum atomic E-state index is 12.3. The molecule has 0 aliphatic carbocycles. The second-order valence-electron chi connectivity index (χ2n) is 4.76. The summed E-state index contributed by atoms with van der Waals surface area (Å²) in [6.45, 7) is 4.44. The van der Waals surface area contributed by atoms with E-state index in [1.807, 2.05) is 0 Å². The van der Waals surface area contributed by atoms with E-state index in [1.165, 1.54) is 20.1 Å². The number of carbonyl (C=O) groups is 1. The van der Waals surface area contributed by atoms with Gasteiger partial charge in [0.05, 0.1) is 24.7 Å². The van der Waals surface area contributed by atoms with Crippen LogP contribution >= 0.6 is 11.6 Å². The van der Waals surface area contributed by atoms with Gasteiger partial charge in [0.25, 0.3) is 0 Å². The first-order valence-electron chi connectivity index (χ1n) is 6.74. The van der Waals surface area contributed by atoms with Gasteiger partial charge in [-0.25, -0.2) is 8.42 Å². The lowest BCUT2D eigenvalue weighted by Crippen LogP contribution is -2.38. The smallest absolute Gasteiger partial charge is 0.327 e. The van der Waals surface area contributed by atoms with Crippen molar-refractivity contribution in [3.05, 3.63) is 23.2 Å². The van der Waals surface area contributed by atoms with Gasteiger partial charge in [-0.3, -0.25) is 9.10 Å². The Morgan fingerprint density at radius 3 is 2.50 bits per heavy atom. The summed E-state index contributed by atoms with van der Waals surface area (Å²) < 4.78 is 35.8. The van der Waals surface area contributed by atoms with Crippen LogP contribution in [-0.2, 0) is 19.6 Å². The molecular formula is C14H20ClNO5S. The van der Waals surface area contributed by atoms with Crippen molar-refractivity contribution in [3.8, 4) is 5.75 Å². The minimum Gasteiger partial charge on any atom is -0.495 e. The molecule has 0 aliphatic heterocycles. The summed E-state index contributed by atoms with van der Waals surface area (Å²) in [5, 5.41) is 0.337. The zero-order chi connectivity index (χ0) is 16.9.